The zero-order chi connectivity index (χ0) is 14.6. The molecule has 0 bridgehead atoms. The Labute approximate surface area is 121 Å². The summed E-state index contributed by atoms with van der Waals surface area (Å²) in [4.78, 5) is 4.92. The second-order valence-electron chi connectivity index (χ2n) is 4.06. The van der Waals surface area contributed by atoms with E-state index in [2.05, 4.69) is 20.2 Å². The van der Waals surface area contributed by atoms with Crippen molar-refractivity contribution in [2.45, 2.75) is 31.1 Å². The van der Waals surface area contributed by atoms with Crippen LogP contribution in [0.3, 0.4) is 0 Å². The van der Waals surface area contributed by atoms with E-state index in [0.29, 0.717) is 18.3 Å². The van der Waals surface area contributed by atoms with Gasteiger partial charge in [-0.1, -0.05) is 12.1 Å². The maximum absolute atomic E-state index is 12.1. The Bertz CT molecular complexity index is 663. The third-order valence-corrected chi connectivity index (χ3v) is 5.42. The van der Waals surface area contributed by atoms with Crippen molar-refractivity contribution >= 4 is 21.4 Å². The van der Waals surface area contributed by atoms with Crippen LogP contribution in [0, 0.1) is 6.92 Å². The van der Waals surface area contributed by atoms with Crippen molar-refractivity contribution in [3.63, 3.8) is 0 Å². The monoisotopic (exact) mass is 316 g/mol. The van der Waals surface area contributed by atoms with Gasteiger partial charge in [0, 0.05) is 18.3 Å². The molecular formula is C11H16N4O3S2. The number of nitrogens with one attached hydrogen (secondary N) is 2. The molecule has 0 aliphatic rings. The highest BCUT2D eigenvalue weighted by Crippen LogP contribution is 2.21. The fourth-order valence-corrected chi connectivity index (χ4v) is 3.84. The fourth-order valence-electron chi connectivity index (χ4n) is 1.49. The molecule has 0 aromatic carbocycles. The average Bonchev–Trinajstić information content (AvgIpc) is 3.03. The third kappa shape index (κ3) is 3.85. The van der Waals surface area contributed by atoms with Gasteiger partial charge in [-0.25, -0.2) is 13.1 Å². The zero-order valence-electron chi connectivity index (χ0n) is 11.2. The Balaban J connectivity index is 2.00. The molecule has 2 aromatic heterocycles. The molecule has 110 valence electrons. The lowest BCUT2D eigenvalue weighted by Crippen LogP contribution is -2.23. The van der Waals surface area contributed by atoms with Crippen LogP contribution in [0.15, 0.2) is 20.9 Å². The second-order valence-corrected chi connectivity index (χ2v) is 7.22. The molecule has 2 N–H and O–H groups in total. The number of aromatic nitrogens is 2. The Morgan fingerprint density at radius 3 is 2.80 bits per heavy atom. The first-order valence-electron chi connectivity index (χ1n) is 6.09. The average molecular weight is 316 g/mol. The summed E-state index contributed by atoms with van der Waals surface area (Å²) >= 11 is 1.24. The van der Waals surface area contributed by atoms with Crippen LogP contribution in [0.4, 0.5) is 0 Å². The SMILES string of the molecule is CCNCc1ccc(S(=O)(=O)NCc2noc(C)n2)s1. The van der Waals surface area contributed by atoms with Crippen LogP contribution in [0.5, 0.6) is 0 Å². The smallest absolute Gasteiger partial charge is 0.250 e. The third-order valence-electron chi connectivity index (χ3n) is 2.44. The van der Waals surface area contributed by atoms with Crippen molar-refractivity contribution in [3.8, 4) is 0 Å². The van der Waals surface area contributed by atoms with Crippen LogP contribution in [-0.4, -0.2) is 25.1 Å². The normalized spacial score (nSPS) is 11.9. The van der Waals surface area contributed by atoms with E-state index in [9.17, 15) is 8.42 Å². The minimum Gasteiger partial charge on any atom is -0.340 e. The number of sulfonamides is 1. The lowest BCUT2D eigenvalue weighted by Gasteiger charge is -2.01. The van der Waals surface area contributed by atoms with Crippen LogP contribution < -0.4 is 10.0 Å². The highest BCUT2D eigenvalue weighted by molar-refractivity contribution is 7.91. The van der Waals surface area contributed by atoms with Gasteiger partial charge in [-0.05, 0) is 18.7 Å². The van der Waals surface area contributed by atoms with Gasteiger partial charge in [0.2, 0.25) is 15.9 Å². The highest BCUT2D eigenvalue weighted by atomic mass is 32.2. The number of thiophene rings is 1. The molecule has 0 saturated heterocycles. The van der Waals surface area contributed by atoms with Crippen LogP contribution in [-0.2, 0) is 23.1 Å². The van der Waals surface area contributed by atoms with E-state index in [1.807, 2.05) is 6.92 Å². The van der Waals surface area contributed by atoms with Crippen LogP contribution in [0.25, 0.3) is 0 Å². The quantitative estimate of drug-likeness (QED) is 0.792. The first-order valence-corrected chi connectivity index (χ1v) is 8.39. The van der Waals surface area contributed by atoms with Crippen molar-refractivity contribution in [1.82, 2.24) is 20.2 Å². The second kappa shape index (κ2) is 6.44. The molecule has 0 spiro atoms. The maximum atomic E-state index is 12.1. The first kappa shape index (κ1) is 15.1. The highest BCUT2D eigenvalue weighted by Gasteiger charge is 2.17. The molecule has 0 atom stereocenters. The van der Waals surface area contributed by atoms with Crippen LogP contribution in [0.2, 0.25) is 0 Å². The molecule has 7 nitrogen and oxygen atoms in total. The van der Waals surface area contributed by atoms with Gasteiger partial charge in [-0.2, -0.15) is 4.98 Å². The topological polar surface area (TPSA) is 97.1 Å². The largest absolute Gasteiger partial charge is 0.340 e. The van der Waals surface area contributed by atoms with Gasteiger partial charge in [0.1, 0.15) is 4.21 Å². The summed E-state index contributed by atoms with van der Waals surface area (Å²) in [5.74, 6) is 0.721. The molecule has 0 unspecified atom stereocenters. The van der Waals surface area contributed by atoms with E-state index in [1.54, 1.807) is 19.1 Å². The van der Waals surface area contributed by atoms with Gasteiger partial charge in [0.05, 0.1) is 6.54 Å². The van der Waals surface area contributed by atoms with Crippen molar-refractivity contribution in [2.24, 2.45) is 0 Å². The molecule has 0 fully saturated rings. The van der Waals surface area contributed by atoms with Crippen molar-refractivity contribution in [2.75, 3.05) is 6.54 Å². The number of hydrogen-bond acceptors (Lipinski definition) is 7. The predicted molar refractivity (Wildman–Crippen MR) is 74.8 cm³/mol. The molecule has 0 radical (unpaired) electrons. The fraction of sp³-hybridized carbons (Fsp3) is 0.455. The standard InChI is InChI=1S/C11H16N4O3S2/c1-3-12-6-9-4-5-11(19-9)20(16,17)13-7-10-14-8(2)18-15-10/h4-5,12-13H,3,6-7H2,1-2H3. The summed E-state index contributed by atoms with van der Waals surface area (Å²) in [6.07, 6.45) is 0. The first-order chi connectivity index (χ1) is 9.51. The van der Waals surface area contributed by atoms with Gasteiger partial charge in [0.15, 0.2) is 5.82 Å². The lowest BCUT2D eigenvalue weighted by atomic mass is 10.4. The molecule has 2 rings (SSSR count). The Kier molecular flexibility index (Phi) is 4.86. The molecular weight excluding hydrogens is 300 g/mol. The van der Waals surface area contributed by atoms with Crippen LogP contribution >= 0.6 is 11.3 Å². The Hall–Kier alpha value is -1.29. The molecule has 9 heteroatoms. The summed E-state index contributed by atoms with van der Waals surface area (Å²) in [5, 5.41) is 6.79. The summed E-state index contributed by atoms with van der Waals surface area (Å²) < 4.78 is 31.7. The Morgan fingerprint density at radius 1 is 1.35 bits per heavy atom. The molecule has 2 aromatic rings. The minimum absolute atomic E-state index is 0.0140. The minimum atomic E-state index is -3.53. The number of aryl methyl sites for hydroxylation is 1. The summed E-state index contributed by atoms with van der Waals surface area (Å²) in [6.45, 7) is 5.17. The van der Waals surface area contributed by atoms with Crippen molar-refractivity contribution in [3.05, 3.63) is 28.7 Å². The van der Waals surface area contributed by atoms with Gasteiger partial charge in [-0.15, -0.1) is 11.3 Å². The number of rotatable bonds is 7. The molecule has 0 aliphatic heterocycles. The maximum Gasteiger partial charge on any atom is 0.250 e. The van der Waals surface area contributed by atoms with Gasteiger partial charge in [-0.3, -0.25) is 0 Å². The van der Waals surface area contributed by atoms with Crippen molar-refractivity contribution in [1.29, 1.82) is 0 Å². The van der Waals surface area contributed by atoms with Gasteiger partial charge in [0.25, 0.3) is 0 Å². The van der Waals surface area contributed by atoms with E-state index in [4.69, 9.17) is 4.52 Å². The number of nitrogens with zero attached hydrogens (tertiary/aromatic N) is 2. The Morgan fingerprint density at radius 2 is 2.15 bits per heavy atom. The lowest BCUT2D eigenvalue weighted by molar-refractivity contribution is 0.387. The van der Waals surface area contributed by atoms with Gasteiger partial charge < -0.3 is 9.84 Å². The van der Waals surface area contributed by atoms with Gasteiger partial charge >= 0.3 is 0 Å². The molecule has 0 saturated carbocycles. The predicted octanol–water partition coefficient (Wildman–Crippen LogP) is 1.03. The molecule has 2 heterocycles. The van der Waals surface area contributed by atoms with Crippen molar-refractivity contribution < 1.29 is 12.9 Å². The van der Waals surface area contributed by atoms with E-state index in [-0.39, 0.29) is 10.8 Å². The summed E-state index contributed by atoms with van der Waals surface area (Å²) in [6, 6.07) is 3.40. The van der Waals surface area contributed by atoms with E-state index >= 15 is 0 Å². The molecule has 0 amide bonds. The van der Waals surface area contributed by atoms with E-state index in [1.165, 1.54) is 11.3 Å². The van der Waals surface area contributed by atoms with E-state index < -0.39 is 10.0 Å². The van der Waals surface area contributed by atoms with E-state index in [0.717, 1.165) is 11.4 Å². The van der Waals surface area contributed by atoms with Crippen LogP contribution in [0.1, 0.15) is 23.5 Å². The number of hydrogen-bond donors (Lipinski definition) is 2. The summed E-state index contributed by atoms with van der Waals surface area (Å²) in [5.41, 5.74) is 0. The summed E-state index contributed by atoms with van der Waals surface area (Å²) in [7, 11) is -3.53. The molecule has 0 aliphatic carbocycles. The molecule has 20 heavy (non-hydrogen) atoms. The zero-order valence-corrected chi connectivity index (χ0v) is 12.8.